The van der Waals surface area contributed by atoms with Gasteiger partial charge in [0.05, 0.1) is 13.2 Å². The number of carbonyl (C=O) groups excluding carboxylic acids is 1. The molecule has 1 aliphatic rings. The quantitative estimate of drug-likeness (QED) is 0.662. The Morgan fingerprint density at radius 3 is 2.52 bits per heavy atom. The standard InChI is InChI=1S/C20H17F2N5O2/c21-15-6-16(22)8-17(7-15)25-20-24-11-18(14-5-13(12-28)9-23-10-14)19(26-20)27-1-3-29-4-2-27/h5-12H,1-4H2,(H,24,25,26). The zero-order valence-corrected chi connectivity index (χ0v) is 15.3. The fourth-order valence-corrected chi connectivity index (χ4v) is 3.08. The molecule has 3 heterocycles. The second-order valence-corrected chi connectivity index (χ2v) is 6.44. The first-order valence-electron chi connectivity index (χ1n) is 8.96. The van der Waals surface area contributed by atoms with Crippen LogP contribution in [0.1, 0.15) is 10.4 Å². The summed E-state index contributed by atoms with van der Waals surface area (Å²) < 4.78 is 32.4. The van der Waals surface area contributed by atoms with Crippen LogP contribution in [0.2, 0.25) is 0 Å². The summed E-state index contributed by atoms with van der Waals surface area (Å²) in [4.78, 5) is 26.1. The molecule has 2 aromatic heterocycles. The first kappa shape index (κ1) is 18.9. The third-order valence-electron chi connectivity index (χ3n) is 4.40. The molecule has 0 atom stereocenters. The number of nitrogens with zero attached hydrogens (tertiary/aromatic N) is 4. The van der Waals surface area contributed by atoms with E-state index >= 15 is 0 Å². The molecule has 0 saturated carbocycles. The van der Waals surface area contributed by atoms with Gasteiger partial charge < -0.3 is 15.0 Å². The van der Waals surface area contributed by atoms with E-state index in [0.717, 1.165) is 24.5 Å². The molecule has 1 N–H and O–H groups in total. The molecule has 0 radical (unpaired) electrons. The van der Waals surface area contributed by atoms with Crippen molar-refractivity contribution >= 4 is 23.7 Å². The van der Waals surface area contributed by atoms with E-state index in [1.165, 1.54) is 6.20 Å². The van der Waals surface area contributed by atoms with E-state index in [1.54, 1.807) is 18.5 Å². The summed E-state index contributed by atoms with van der Waals surface area (Å²) >= 11 is 0. The lowest BCUT2D eigenvalue weighted by Crippen LogP contribution is -2.37. The van der Waals surface area contributed by atoms with Crippen LogP contribution in [0.25, 0.3) is 11.1 Å². The summed E-state index contributed by atoms with van der Waals surface area (Å²) in [5.74, 6) is -0.587. The van der Waals surface area contributed by atoms with Gasteiger partial charge in [-0.15, -0.1) is 0 Å². The van der Waals surface area contributed by atoms with Gasteiger partial charge in [0.25, 0.3) is 0 Å². The zero-order chi connectivity index (χ0) is 20.2. The Kier molecular flexibility index (Phi) is 5.39. The predicted molar refractivity (Wildman–Crippen MR) is 103 cm³/mol. The van der Waals surface area contributed by atoms with Crippen molar-refractivity contribution < 1.29 is 18.3 Å². The fraction of sp³-hybridized carbons (Fsp3) is 0.200. The highest BCUT2D eigenvalue weighted by molar-refractivity contribution is 5.81. The number of hydrogen-bond acceptors (Lipinski definition) is 7. The molecule has 0 unspecified atom stereocenters. The van der Waals surface area contributed by atoms with Crippen LogP contribution in [0.3, 0.4) is 0 Å². The highest BCUT2D eigenvalue weighted by Crippen LogP contribution is 2.30. The summed E-state index contributed by atoms with van der Waals surface area (Å²) in [5, 5.41) is 2.83. The van der Waals surface area contributed by atoms with Gasteiger partial charge in [-0.25, -0.2) is 13.8 Å². The fourth-order valence-electron chi connectivity index (χ4n) is 3.08. The molecule has 1 aromatic carbocycles. The maximum atomic E-state index is 13.5. The Morgan fingerprint density at radius 2 is 1.79 bits per heavy atom. The van der Waals surface area contributed by atoms with Gasteiger partial charge in [0, 0.05) is 60.1 Å². The van der Waals surface area contributed by atoms with Gasteiger partial charge in [-0.05, 0) is 18.2 Å². The molecule has 29 heavy (non-hydrogen) atoms. The number of morpholine rings is 1. The molecule has 1 saturated heterocycles. The first-order valence-corrected chi connectivity index (χ1v) is 8.96. The van der Waals surface area contributed by atoms with Crippen LogP contribution in [0.5, 0.6) is 0 Å². The van der Waals surface area contributed by atoms with Crippen LogP contribution in [0.15, 0.2) is 42.9 Å². The lowest BCUT2D eigenvalue weighted by atomic mass is 10.1. The highest BCUT2D eigenvalue weighted by atomic mass is 19.1. The average molecular weight is 397 g/mol. The molecule has 4 rings (SSSR count). The average Bonchev–Trinajstić information content (AvgIpc) is 2.73. The summed E-state index contributed by atoms with van der Waals surface area (Å²) in [6, 6.07) is 4.82. The summed E-state index contributed by atoms with van der Waals surface area (Å²) in [7, 11) is 0. The highest BCUT2D eigenvalue weighted by Gasteiger charge is 2.19. The van der Waals surface area contributed by atoms with Gasteiger partial charge in [0.2, 0.25) is 5.95 Å². The van der Waals surface area contributed by atoms with Crippen LogP contribution in [-0.4, -0.2) is 47.5 Å². The van der Waals surface area contributed by atoms with E-state index in [9.17, 15) is 13.6 Å². The third kappa shape index (κ3) is 4.35. The third-order valence-corrected chi connectivity index (χ3v) is 4.40. The SMILES string of the molecule is O=Cc1cncc(-c2cnc(Nc3cc(F)cc(F)c3)nc2N2CCOCC2)c1. The number of aromatic nitrogens is 3. The summed E-state index contributed by atoms with van der Waals surface area (Å²) in [5.41, 5.74) is 2.03. The number of nitrogens with one attached hydrogen (secondary N) is 1. The van der Waals surface area contributed by atoms with Crippen molar-refractivity contribution in [1.29, 1.82) is 0 Å². The van der Waals surface area contributed by atoms with Crippen LogP contribution in [0.4, 0.5) is 26.2 Å². The molecule has 0 spiro atoms. The van der Waals surface area contributed by atoms with Crippen LogP contribution in [-0.2, 0) is 4.74 Å². The van der Waals surface area contributed by atoms with Gasteiger partial charge in [0.15, 0.2) is 6.29 Å². The zero-order valence-electron chi connectivity index (χ0n) is 15.3. The summed E-state index contributed by atoms with van der Waals surface area (Å²) in [6.45, 7) is 2.35. The van der Waals surface area contributed by atoms with Crippen molar-refractivity contribution in [3.05, 3.63) is 60.1 Å². The largest absolute Gasteiger partial charge is 0.378 e. The number of benzene rings is 1. The monoisotopic (exact) mass is 397 g/mol. The Bertz CT molecular complexity index is 1020. The van der Waals surface area contributed by atoms with Crippen molar-refractivity contribution in [2.45, 2.75) is 0 Å². The van der Waals surface area contributed by atoms with Crippen LogP contribution >= 0.6 is 0 Å². The van der Waals surface area contributed by atoms with Gasteiger partial charge in [-0.3, -0.25) is 9.78 Å². The minimum Gasteiger partial charge on any atom is -0.378 e. The van der Waals surface area contributed by atoms with Crippen LogP contribution < -0.4 is 10.2 Å². The molecule has 0 bridgehead atoms. The first-order chi connectivity index (χ1) is 14.1. The van der Waals surface area contributed by atoms with Gasteiger partial charge >= 0.3 is 0 Å². The van der Waals surface area contributed by atoms with E-state index in [4.69, 9.17) is 4.74 Å². The molecule has 7 nitrogen and oxygen atoms in total. The normalized spacial score (nSPS) is 13.9. The number of halogens is 2. The number of anilines is 3. The number of carbonyl (C=O) groups is 1. The number of ether oxygens (including phenoxy) is 1. The lowest BCUT2D eigenvalue weighted by molar-refractivity contribution is 0.112. The molecule has 9 heteroatoms. The Balaban J connectivity index is 1.74. The molecule has 148 valence electrons. The van der Waals surface area contributed by atoms with E-state index in [0.29, 0.717) is 48.8 Å². The van der Waals surface area contributed by atoms with Gasteiger partial charge in [0.1, 0.15) is 17.5 Å². The number of pyridine rings is 1. The van der Waals surface area contributed by atoms with Crippen molar-refractivity contribution in [1.82, 2.24) is 15.0 Å². The molecular weight excluding hydrogens is 380 g/mol. The van der Waals surface area contributed by atoms with Crippen LogP contribution in [0, 0.1) is 11.6 Å². The molecule has 0 amide bonds. The Labute approximate surface area is 165 Å². The van der Waals surface area contributed by atoms with E-state index in [1.807, 2.05) is 4.90 Å². The van der Waals surface area contributed by atoms with Gasteiger partial charge in [-0.2, -0.15) is 4.98 Å². The van der Waals surface area contributed by atoms with Gasteiger partial charge in [-0.1, -0.05) is 0 Å². The predicted octanol–water partition coefficient (Wildman–Crippen LogP) is 3.21. The lowest BCUT2D eigenvalue weighted by Gasteiger charge is -2.29. The Hall–Kier alpha value is -3.46. The van der Waals surface area contributed by atoms with E-state index in [-0.39, 0.29) is 11.6 Å². The Morgan fingerprint density at radius 1 is 1.03 bits per heavy atom. The second kappa shape index (κ2) is 8.27. The maximum Gasteiger partial charge on any atom is 0.229 e. The second-order valence-electron chi connectivity index (χ2n) is 6.44. The number of rotatable bonds is 5. The minimum atomic E-state index is -0.700. The molecule has 1 aliphatic heterocycles. The van der Waals surface area contributed by atoms with Crippen molar-refractivity contribution in [3.63, 3.8) is 0 Å². The minimum absolute atomic E-state index is 0.194. The maximum absolute atomic E-state index is 13.5. The van der Waals surface area contributed by atoms with Crippen molar-refractivity contribution in [2.24, 2.45) is 0 Å². The smallest absolute Gasteiger partial charge is 0.229 e. The van der Waals surface area contributed by atoms with E-state index in [2.05, 4.69) is 20.3 Å². The number of hydrogen-bond donors (Lipinski definition) is 1. The topological polar surface area (TPSA) is 80.2 Å². The molecule has 1 fully saturated rings. The molecule has 0 aliphatic carbocycles. The molecule has 3 aromatic rings. The van der Waals surface area contributed by atoms with Crippen molar-refractivity contribution in [3.8, 4) is 11.1 Å². The molecular formula is C20H17F2N5O2. The number of aldehydes is 1. The summed E-state index contributed by atoms with van der Waals surface area (Å²) in [6.07, 6.45) is 5.42. The van der Waals surface area contributed by atoms with E-state index < -0.39 is 11.6 Å². The van der Waals surface area contributed by atoms with Crippen molar-refractivity contribution in [2.75, 3.05) is 36.5 Å².